The Hall–Kier alpha value is -5.16. The van der Waals surface area contributed by atoms with Gasteiger partial charge in [-0.3, -0.25) is 4.79 Å². The van der Waals surface area contributed by atoms with E-state index >= 15 is 0 Å². The number of hydrogen-bond donors (Lipinski definition) is 3. The summed E-state index contributed by atoms with van der Waals surface area (Å²) in [6.45, 7) is 5.66. The summed E-state index contributed by atoms with van der Waals surface area (Å²) in [4.78, 5) is 32.6. The summed E-state index contributed by atoms with van der Waals surface area (Å²) in [7, 11) is 6.39. The molecule has 10 nitrogen and oxygen atoms in total. The molecule has 0 radical (unpaired) electrons. The van der Waals surface area contributed by atoms with Crippen LogP contribution in [0.3, 0.4) is 0 Å². The Morgan fingerprint density at radius 3 is 2.15 bits per heavy atom. The molecule has 242 valence electrons. The van der Waals surface area contributed by atoms with Gasteiger partial charge in [0.05, 0.1) is 6.33 Å². The molecule has 0 saturated heterocycles. The fraction of sp³-hybridized carbons (Fsp3) is 0.278. The Labute approximate surface area is 276 Å². The van der Waals surface area contributed by atoms with Crippen LogP contribution >= 0.6 is 0 Å². The Morgan fingerprint density at radius 1 is 0.915 bits per heavy atom. The number of aromatic amines is 1. The average molecular weight is 647 g/mol. The molecule has 3 aromatic carbocycles. The summed E-state index contributed by atoms with van der Waals surface area (Å²) in [5, 5.41) is 5.96. The molecule has 1 aliphatic heterocycles. The number of amides is 1. The molecule has 0 bridgehead atoms. The zero-order valence-corrected chi connectivity index (χ0v) is 28.9. The Kier molecular flexibility index (Phi) is 8.74. The highest BCUT2D eigenvalue weighted by atomic mass is 28.3. The van der Waals surface area contributed by atoms with E-state index in [1.807, 2.05) is 24.3 Å². The van der Waals surface area contributed by atoms with Crippen molar-refractivity contribution in [2.24, 2.45) is 0 Å². The zero-order chi connectivity index (χ0) is 33.3. The highest BCUT2D eigenvalue weighted by Gasteiger charge is 2.37. The van der Waals surface area contributed by atoms with Crippen LogP contribution in [0.25, 0.3) is 16.7 Å². The van der Waals surface area contributed by atoms with Crippen molar-refractivity contribution in [3.8, 4) is 5.88 Å². The molecule has 1 amide bonds. The molecule has 2 aromatic heterocycles. The number of nitrogen functional groups attached to an aromatic ring is 1. The lowest BCUT2D eigenvalue weighted by Crippen LogP contribution is -2.58. The van der Waals surface area contributed by atoms with E-state index in [0.717, 1.165) is 11.1 Å². The molecule has 0 fully saturated rings. The van der Waals surface area contributed by atoms with Crippen molar-refractivity contribution in [1.29, 1.82) is 0 Å². The van der Waals surface area contributed by atoms with Crippen LogP contribution in [0.2, 0.25) is 13.1 Å². The number of aromatic nitrogens is 4. The number of carbonyl (C=O) groups excluding carboxylic acids is 1. The largest absolute Gasteiger partial charge is 0.471 e. The Balaban J connectivity index is 1.10. The van der Waals surface area contributed by atoms with Crippen molar-refractivity contribution in [2.75, 3.05) is 43.7 Å². The van der Waals surface area contributed by atoms with Gasteiger partial charge in [-0.05, 0) is 68.9 Å². The second-order valence-corrected chi connectivity index (χ2v) is 17.2. The summed E-state index contributed by atoms with van der Waals surface area (Å²) in [5.74, 6) is 0.494. The predicted octanol–water partition coefficient (Wildman–Crippen LogP) is 4.31. The average Bonchev–Trinajstić information content (AvgIpc) is 3.53. The quantitative estimate of drug-likeness (QED) is 0.192. The standard InChI is InChI=1S/C36H42N8O2Si/c1-43(2)25-14-16-28-27(29-17-15-26(44(3)4)19-31(29)47(5,6)30(28)18-25)8-7-9-32(45)38-20-23-10-12-24(13-11-23)21-46-35-33-34(40-22-39-33)41-36(37)42-35/h8,10-19,22H,7,9,20-21H2,1-6H3,(H,38,45)(H3,37,39,40,41,42). The molecule has 6 rings (SSSR count). The van der Waals surface area contributed by atoms with Gasteiger partial charge in [-0.25, -0.2) is 4.98 Å². The van der Waals surface area contributed by atoms with Gasteiger partial charge in [0.25, 0.3) is 0 Å². The SMILES string of the molecule is CN(C)c1ccc2c(c1)[Si](C)(C)c1cc(N(C)C)ccc1C2=CCCC(=O)NCc1ccc(COc2nc(N)nc3nc[nH]c23)cc1. The van der Waals surface area contributed by atoms with Gasteiger partial charge in [0.1, 0.15) is 20.2 Å². The van der Waals surface area contributed by atoms with Gasteiger partial charge in [0.2, 0.25) is 17.7 Å². The maximum Gasteiger partial charge on any atom is 0.245 e. The lowest BCUT2D eigenvalue weighted by Gasteiger charge is -2.36. The number of allylic oxidation sites excluding steroid dienone is 1. The maximum atomic E-state index is 12.9. The minimum atomic E-state index is -1.97. The number of ether oxygens (including phenoxy) is 1. The van der Waals surface area contributed by atoms with Crippen molar-refractivity contribution in [1.82, 2.24) is 25.3 Å². The van der Waals surface area contributed by atoms with Crippen molar-refractivity contribution in [2.45, 2.75) is 39.1 Å². The lowest BCUT2D eigenvalue weighted by atomic mass is 9.94. The van der Waals surface area contributed by atoms with E-state index in [4.69, 9.17) is 10.5 Å². The normalized spacial score (nSPS) is 13.1. The molecule has 5 aromatic rings. The number of hydrogen-bond acceptors (Lipinski definition) is 8. The second-order valence-electron chi connectivity index (χ2n) is 12.9. The third kappa shape index (κ3) is 6.57. The summed E-state index contributed by atoms with van der Waals surface area (Å²) in [5.41, 5.74) is 15.1. The number of carbonyl (C=O) groups is 1. The molecular formula is C36H42N8O2Si. The van der Waals surface area contributed by atoms with Crippen LogP contribution in [-0.4, -0.2) is 62.1 Å². The third-order valence-electron chi connectivity index (χ3n) is 8.84. The van der Waals surface area contributed by atoms with Crippen LogP contribution in [0.4, 0.5) is 17.3 Å². The van der Waals surface area contributed by atoms with Crippen LogP contribution in [0.15, 0.2) is 73.1 Å². The molecule has 4 N–H and O–H groups in total. The topological polar surface area (TPSA) is 125 Å². The summed E-state index contributed by atoms with van der Waals surface area (Å²) >= 11 is 0. The molecule has 11 heteroatoms. The van der Waals surface area contributed by atoms with Crippen molar-refractivity contribution in [3.63, 3.8) is 0 Å². The number of imidazole rings is 1. The smallest absolute Gasteiger partial charge is 0.245 e. The van der Waals surface area contributed by atoms with E-state index in [2.05, 4.69) is 119 Å². The van der Waals surface area contributed by atoms with E-state index < -0.39 is 8.07 Å². The number of rotatable bonds is 10. The number of H-pyrrole nitrogens is 1. The monoisotopic (exact) mass is 646 g/mol. The van der Waals surface area contributed by atoms with E-state index in [1.165, 1.54) is 44.8 Å². The van der Waals surface area contributed by atoms with E-state index in [-0.39, 0.29) is 11.9 Å². The summed E-state index contributed by atoms with van der Waals surface area (Å²) in [6, 6.07) is 21.6. The van der Waals surface area contributed by atoms with Crippen LogP contribution in [0.1, 0.15) is 35.1 Å². The Bertz CT molecular complexity index is 1900. The maximum absolute atomic E-state index is 12.9. The third-order valence-corrected chi connectivity index (χ3v) is 12.4. The number of nitrogens with zero attached hydrogens (tertiary/aromatic N) is 5. The first kappa shape index (κ1) is 31.8. The van der Waals surface area contributed by atoms with Crippen molar-refractivity contribution < 1.29 is 9.53 Å². The Morgan fingerprint density at radius 2 is 1.53 bits per heavy atom. The molecule has 0 atom stereocenters. The van der Waals surface area contributed by atoms with Crippen LogP contribution < -0.4 is 36.0 Å². The van der Waals surface area contributed by atoms with E-state index in [9.17, 15) is 4.79 Å². The number of anilines is 3. The lowest BCUT2D eigenvalue weighted by molar-refractivity contribution is -0.121. The van der Waals surface area contributed by atoms with Crippen molar-refractivity contribution in [3.05, 3.63) is 95.3 Å². The zero-order valence-electron chi connectivity index (χ0n) is 27.9. The number of nitrogens with two attached hydrogens (primary N) is 1. The number of nitrogens with one attached hydrogen (secondary N) is 2. The second kappa shape index (κ2) is 12.9. The van der Waals surface area contributed by atoms with Gasteiger partial charge >= 0.3 is 0 Å². The van der Waals surface area contributed by atoms with Gasteiger partial charge in [0, 0.05) is 52.5 Å². The van der Waals surface area contributed by atoms with Crippen molar-refractivity contribution >= 4 is 58.4 Å². The minimum absolute atomic E-state index is 0.0241. The molecule has 0 spiro atoms. The highest BCUT2D eigenvalue weighted by Crippen LogP contribution is 2.33. The molecular weight excluding hydrogens is 605 g/mol. The number of benzene rings is 3. The van der Waals surface area contributed by atoms with Gasteiger partial charge in [-0.15, -0.1) is 0 Å². The molecule has 0 saturated carbocycles. The first-order valence-electron chi connectivity index (χ1n) is 15.8. The highest BCUT2D eigenvalue weighted by molar-refractivity contribution is 7.02. The first-order valence-corrected chi connectivity index (χ1v) is 18.8. The van der Waals surface area contributed by atoms with Crippen LogP contribution in [-0.2, 0) is 17.9 Å². The summed E-state index contributed by atoms with van der Waals surface area (Å²) < 4.78 is 5.88. The number of fused-ring (bicyclic) bond motifs is 3. The molecule has 0 unspecified atom stereocenters. The van der Waals surface area contributed by atoms with Crippen LogP contribution in [0.5, 0.6) is 5.88 Å². The molecule has 0 aliphatic carbocycles. The van der Waals surface area contributed by atoms with Gasteiger partial charge < -0.3 is 30.6 Å². The summed E-state index contributed by atoms with van der Waals surface area (Å²) in [6.07, 6.45) is 4.85. The first-order chi connectivity index (χ1) is 22.5. The van der Waals surface area contributed by atoms with Crippen LogP contribution in [0, 0.1) is 0 Å². The fourth-order valence-corrected chi connectivity index (χ4v) is 9.19. The molecule has 47 heavy (non-hydrogen) atoms. The predicted molar refractivity (Wildman–Crippen MR) is 193 cm³/mol. The molecule has 3 heterocycles. The molecule has 1 aliphatic rings. The van der Waals surface area contributed by atoms with Gasteiger partial charge in [0.15, 0.2) is 5.65 Å². The minimum Gasteiger partial charge on any atom is -0.471 e. The van der Waals surface area contributed by atoms with E-state index in [1.54, 1.807) is 0 Å². The van der Waals surface area contributed by atoms with Gasteiger partial charge in [-0.1, -0.05) is 55.6 Å². The fourth-order valence-electron chi connectivity index (χ4n) is 6.10. The van der Waals surface area contributed by atoms with Gasteiger partial charge in [-0.2, -0.15) is 9.97 Å². The van der Waals surface area contributed by atoms with E-state index in [0.29, 0.717) is 43.0 Å².